The van der Waals surface area contributed by atoms with Gasteiger partial charge in [0.25, 0.3) is 0 Å². The van der Waals surface area contributed by atoms with Crippen molar-refractivity contribution in [3.63, 3.8) is 0 Å². The van der Waals surface area contributed by atoms with Crippen molar-refractivity contribution in [1.82, 2.24) is 19.9 Å². The van der Waals surface area contributed by atoms with Gasteiger partial charge in [0, 0.05) is 6.20 Å². The third kappa shape index (κ3) is 2.20. The van der Waals surface area contributed by atoms with Gasteiger partial charge in [-0.1, -0.05) is 35.2 Å². The van der Waals surface area contributed by atoms with E-state index < -0.39 is 0 Å². The van der Waals surface area contributed by atoms with Gasteiger partial charge < -0.3 is 4.84 Å². The number of aryl methyl sites for hydroxylation is 1. The zero-order valence-electron chi connectivity index (χ0n) is 10.3. The highest BCUT2D eigenvalue weighted by molar-refractivity contribution is 5.52. The summed E-state index contributed by atoms with van der Waals surface area (Å²) < 4.78 is 0. The van der Waals surface area contributed by atoms with Crippen LogP contribution >= 0.6 is 0 Å². The Kier molecular flexibility index (Phi) is 2.75. The van der Waals surface area contributed by atoms with E-state index in [-0.39, 0.29) is 5.56 Å². The molecule has 2 aliphatic heterocycles. The van der Waals surface area contributed by atoms with E-state index in [0.29, 0.717) is 23.8 Å². The Bertz CT molecular complexity index is 717. The molecule has 2 aliphatic rings. The van der Waals surface area contributed by atoms with Crippen LogP contribution in [0.25, 0.3) is 11.4 Å². The van der Waals surface area contributed by atoms with Crippen LogP contribution in [-0.2, 0) is 6.61 Å². The fourth-order valence-electron chi connectivity index (χ4n) is 1.81. The summed E-state index contributed by atoms with van der Waals surface area (Å²) in [5.41, 5.74) is 1.49. The van der Waals surface area contributed by atoms with Crippen molar-refractivity contribution in [2.75, 3.05) is 0 Å². The summed E-state index contributed by atoms with van der Waals surface area (Å²) in [6.07, 6.45) is 1.60. The number of hydrogen-bond donors (Lipinski definition) is 1. The number of fused-ring (bicyclic) bond motifs is 1. The molecule has 0 saturated heterocycles. The monoisotopic (exact) mass is 256 g/mol. The molecule has 3 rings (SSSR count). The molecule has 1 aromatic rings. The molecule has 0 bridgehead atoms. The van der Waals surface area contributed by atoms with E-state index in [1.807, 2.05) is 30.3 Å². The fraction of sp³-hybridized carbons (Fsp3) is 0.154. The Morgan fingerprint density at radius 3 is 2.84 bits per heavy atom. The Morgan fingerprint density at radius 2 is 2.05 bits per heavy atom. The lowest BCUT2D eigenvalue weighted by molar-refractivity contribution is 0.0596. The average molecular weight is 256 g/mol. The van der Waals surface area contributed by atoms with Crippen LogP contribution in [-0.4, -0.2) is 19.9 Å². The third-order valence-corrected chi connectivity index (χ3v) is 2.71. The molecule has 6 heteroatoms. The molecule has 0 radical (unpaired) electrons. The van der Waals surface area contributed by atoms with Crippen molar-refractivity contribution in [3.8, 4) is 11.4 Å². The highest BCUT2D eigenvalue weighted by Gasteiger charge is 2.15. The number of benzene rings is 1. The van der Waals surface area contributed by atoms with Crippen molar-refractivity contribution in [2.24, 2.45) is 0 Å². The van der Waals surface area contributed by atoms with Gasteiger partial charge in [-0.15, -0.1) is 0 Å². The molecule has 0 atom stereocenters. The van der Waals surface area contributed by atoms with Crippen LogP contribution in [0.4, 0.5) is 0 Å². The maximum Gasteiger partial charge on any atom is 0.328 e. The minimum Gasteiger partial charge on any atom is -0.390 e. The van der Waals surface area contributed by atoms with Crippen LogP contribution in [0.3, 0.4) is 0 Å². The molecule has 0 saturated carbocycles. The summed E-state index contributed by atoms with van der Waals surface area (Å²) >= 11 is 0. The molecule has 1 N–H and O–H groups in total. The second kappa shape index (κ2) is 4.56. The Hall–Kier alpha value is -2.63. The normalized spacial score (nSPS) is 10.8. The number of hydrogen-bond acceptors (Lipinski definition) is 4. The lowest BCUT2D eigenvalue weighted by atomic mass is 10.2. The molecule has 0 amide bonds. The summed E-state index contributed by atoms with van der Waals surface area (Å²) in [6, 6.07) is 9.61. The number of H-pyrrole nitrogens is 1. The largest absolute Gasteiger partial charge is 0.390 e. The Balaban J connectivity index is 1.88. The van der Waals surface area contributed by atoms with Gasteiger partial charge in [0.1, 0.15) is 18.1 Å². The number of imidazole rings is 1. The van der Waals surface area contributed by atoms with E-state index in [0.717, 1.165) is 10.4 Å². The predicted molar refractivity (Wildman–Crippen MR) is 68.7 cm³/mol. The van der Waals surface area contributed by atoms with Gasteiger partial charge in [0.2, 0.25) is 0 Å². The van der Waals surface area contributed by atoms with Crippen LogP contribution in [0, 0.1) is 6.92 Å². The first-order chi connectivity index (χ1) is 9.24. The van der Waals surface area contributed by atoms with E-state index >= 15 is 0 Å². The molecule has 0 aromatic heterocycles. The molecule has 0 aliphatic carbocycles. The number of nitrogens with one attached hydrogen (secondary N) is 1. The molecule has 0 fully saturated rings. The topological polar surface area (TPSA) is 72.8 Å². The van der Waals surface area contributed by atoms with Gasteiger partial charge >= 0.3 is 5.56 Å². The zero-order chi connectivity index (χ0) is 13.2. The maximum absolute atomic E-state index is 12.1. The van der Waals surface area contributed by atoms with Crippen molar-refractivity contribution in [1.29, 1.82) is 0 Å². The summed E-state index contributed by atoms with van der Waals surface area (Å²) in [7, 11) is 0. The highest BCUT2D eigenvalue weighted by atomic mass is 16.7. The van der Waals surface area contributed by atoms with Gasteiger partial charge in [0.05, 0.1) is 0 Å². The lowest BCUT2D eigenvalue weighted by Crippen LogP contribution is -2.30. The van der Waals surface area contributed by atoms with Gasteiger partial charge in [0.15, 0.2) is 5.69 Å². The molecule has 2 heterocycles. The molecule has 0 unspecified atom stereocenters. The second-order valence-corrected chi connectivity index (χ2v) is 4.14. The first-order valence-electron chi connectivity index (χ1n) is 5.86. The van der Waals surface area contributed by atoms with Gasteiger partial charge in [-0.3, -0.25) is 9.89 Å². The maximum atomic E-state index is 12.1. The minimum absolute atomic E-state index is 0.301. The van der Waals surface area contributed by atoms with E-state index in [1.54, 1.807) is 13.1 Å². The van der Waals surface area contributed by atoms with E-state index in [2.05, 4.69) is 15.1 Å². The summed E-state index contributed by atoms with van der Waals surface area (Å²) in [5, 5.41) is 2.74. The minimum atomic E-state index is -0.339. The number of aromatic nitrogens is 4. The van der Waals surface area contributed by atoms with Crippen LogP contribution in [0.1, 0.15) is 11.4 Å². The van der Waals surface area contributed by atoms with Crippen LogP contribution < -0.4 is 10.4 Å². The number of nitrogens with zero attached hydrogens (tertiary/aromatic N) is 3. The fourth-order valence-corrected chi connectivity index (χ4v) is 1.81. The smallest absolute Gasteiger partial charge is 0.328 e. The Morgan fingerprint density at radius 1 is 1.26 bits per heavy atom. The first kappa shape index (κ1) is 11.5. The molecule has 0 spiro atoms. The van der Waals surface area contributed by atoms with Crippen LogP contribution in [0.15, 0.2) is 41.3 Å². The lowest BCUT2D eigenvalue weighted by Gasteiger charge is -2.08. The van der Waals surface area contributed by atoms with E-state index in [1.165, 1.54) is 0 Å². The summed E-state index contributed by atoms with van der Waals surface area (Å²) in [6.45, 7) is 2.05. The molecule has 19 heavy (non-hydrogen) atoms. The third-order valence-electron chi connectivity index (χ3n) is 2.71. The van der Waals surface area contributed by atoms with Crippen LogP contribution in [0.2, 0.25) is 0 Å². The molecule has 6 nitrogen and oxygen atoms in total. The Labute approximate surface area is 109 Å². The van der Waals surface area contributed by atoms with E-state index in [4.69, 9.17) is 4.84 Å². The predicted octanol–water partition coefficient (Wildman–Crippen LogP) is 1.01. The second-order valence-electron chi connectivity index (χ2n) is 4.14. The van der Waals surface area contributed by atoms with E-state index in [9.17, 15) is 4.79 Å². The molecular formula is C13H12N4O2. The molecule has 96 valence electrons. The number of aromatic amines is 1. The summed E-state index contributed by atoms with van der Waals surface area (Å²) in [4.78, 5) is 26.8. The zero-order valence-corrected chi connectivity index (χ0v) is 10.3. The average Bonchev–Trinajstić information content (AvgIpc) is 2.81. The standard InChI is InChI=1S/C13H12N4O2/c1-9-15-11-7-14-17(13(18)12(11)16-9)19-8-10-5-3-2-4-6-10/h2-7,14H,8H2,1H3. The van der Waals surface area contributed by atoms with Gasteiger partial charge in [-0.25, -0.2) is 9.97 Å². The van der Waals surface area contributed by atoms with Crippen LogP contribution in [0.5, 0.6) is 0 Å². The number of rotatable bonds is 3. The molecular weight excluding hydrogens is 244 g/mol. The SMILES string of the molecule is Cc1nc2c[nH]n(OCc3ccccc3)c(=O)c-2n1. The van der Waals surface area contributed by atoms with Crippen molar-refractivity contribution < 1.29 is 4.84 Å². The first-order valence-corrected chi connectivity index (χ1v) is 5.86. The highest BCUT2D eigenvalue weighted by Crippen LogP contribution is 2.11. The van der Waals surface area contributed by atoms with Gasteiger partial charge in [-0.05, 0) is 12.5 Å². The molecule has 1 aromatic carbocycles. The van der Waals surface area contributed by atoms with Crippen molar-refractivity contribution in [3.05, 3.63) is 58.3 Å². The quantitative estimate of drug-likeness (QED) is 0.759. The van der Waals surface area contributed by atoms with Gasteiger partial charge in [-0.2, -0.15) is 0 Å². The summed E-state index contributed by atoms with van der Waals surface area (Å²) in [5.74, 6) is 0.571. The van der Waals surface area contributed by atoms with Crippen molar-refractivity contribution >= 4 is 0 Å². The van der Waals surface area contributed by atoms with Crippen molar-refractivity contribution in [2.45, 2.75) is 13.5 Å².